The van der Waals surface area contributed by atoms with Crippen LogP contribution in [0.25, 0.3) is 10.9 Å². The summed E-state index contributed by atoms with van der Waals surface area (Å²) in [6, 6.07) is 10.3. The summed E-state index contributed by atoms with van der Waals surface area (Å²) in [5.41, 5.74) is 2.82. The average Bonchev–Trinajstić information content (AvgIpc) is 2.46. The second-order valence-corrected chi connectivity index (χ2v) is 5.41. The van der Waals surface area contributed by atoms with Crippen LogP contribution in [-0.2, 0) is 0 Å². The van der Waals surface area contributed by atoms with Gasteiger partial charge in [0.1, 0.15) is 6.07 Å². The van der Waals surface area contributed by atoms with E-state index in [4.69, 9.17) is 0 Å². The zero-order valence-corrected chi connectivity index (χ0v) is 11.1. The lowest BCUT2D eigenvalue weighted by Gasteiger charge is -2.28. The summed E-state index contributed by atoms with van der Waals surface area (Å²) in [5, 5.41) is 13.8. The van der Waals surface area contributed by atoms with Gasteiger partial charge in [0.05, 0.1) is 11.1 Å². The molecule has 2 unspecified atom stereocenters. The van der Waals surface area contributed by atoms with Crippen molar-refractivity contribution in [2.75, 3.05) is 13.1 Å². The lowest BCUT2D eigenvalue weighted by atomic mass is 9.84. The molecular weight excluding hydrogens is 234 g/mol. The third-order valence-corrected chi connectivity index (χ3v) is 3.93. The van der Waals surface area contributed by atoms with Gasteiger partial charge in [-0.05, 0) is 42.5 Å². The van der Waals surface area contributed by atoms with Crippen LogP contribution in [0.3, 0.4) is 0 Å². The molecule has 1 aromatic heterocycles. The number of hydrogen-bond donors (Lipinski definition) is 1. The Morgan fingerprint density at radius 1 is 1.32 bits per heavy atom. The average molecular weight is 251 g/mol. The molecule has 1 aromatic carbocycles. The Labute approximate surface area is 113 Å². The standard InChI is InChI=1S/C16H17N3/c1-11-7-13(10-18-9-11)14-5-4-12(8-17)16-15(14)3-2-6-19-16/h2-6,11,13,18H,7,9-10H2,1H3. The highest BCUT2D eigenvalue weighted by Crippen LogP contribution is 2.32. The van der Waals surface area contributed by atoms with Crippen LogP contribution in [0.5, 0.6) is 0 Å². The lowest BCUT2D eigenvalue weighted by Crippen LogP contribution is -2.33. The summed E-state index contributed by atoms with van der Waals surface area (Å²) in [5.74, 6) is 1.21. The smallest absolute Gasteiger partial charge is 0.101 e. The van der Waals surface area contributed by atoms with E-state index in [9.17, 15) is 5.26 Å². The summed E-state index contributed by atoms with van der Waals surface area (Å²) >= 11 is 0. The van der Waals surface area contributed by atoms with Crippen molar-refractivity contribution in [3.8, 4) is 6.07 Å². The van der Waals surface area contributed by atoms with Crippen molar-refractivity contribution in [2.45, 2.75) is 19.3 Å². The first-order valence-corrected chi connectivity index (χ1v) is 6.78. The summed E-state index contributed by atoms with van der Waals surface area (Å²) in [4.78, 5) is 4.38. The fourth-order valence-corrected chi connectivity index (χ4v) is 3.03. The van der Waals surface area contributed by atoms with Crippen LogP contribution in [0.4, 0.5) is 0 Å². The van der Waals surface area contributed by atoms with Crippen LogP contribution in [0.15, 0.2) is 30.5 Å². The number of aromatic nitrogens is 1. The van der Waals surface area contributed by atoms with Gasteiger partial charge in [0, 0.05) is 18.1 Å². The Morgan fingerprint density at radius 2 is 2.21 bits per heavy atom. The molecule has 3 nitrogen and oxygen atoms in total. The van der Waals surface area contributed by atoms with Crippen molar-refractivity contribution in [1.82, 2.24) is 10.3 Å². The summed E-state index contributed by atoms with van der Waals surface area (Å²) < 4.78 is 0. The quantitative estimate of drug-likeness (QED) is 0.847. The molecule has 0 amide bonds. The number of nitrogens with zero attached hydrogens (tertiary/aromatic N) is 2. The molecule has 3 rings (SSSR count). The second-order valence-electron chi connectivity index (χ2n) is 5.41. The Kier molecular flexibility index (Phi) is 3.18. The van der Waals surface area contributed by atoms with Gasteiger partial charge >= 0.3 is 0 Å². The highest BCUT2D eigenvalue weighted by atomic mass is 14.9. The van der Waals surface area contributed by atoms with Crippen molar-refractivity contribution >= 4 is 10.9 Å². The number of nitriles is 1. The zero-order valence-electron chi connectivity index (χ0n) is 11.1. The van der Waals surface area contributed by atoms with Crippen molar-refractivity contribution in [1.29, 1.82) is 5.26 Å². The molecule has 0 aliphatic carbocycles. The number of hydrogen-bond acceptors (Lipinski definition) is 3. The largest absolute Gasteiger partial charge is 0.316 e. The molecule has 0 bridgehead atoms. The maximum absolute atomic E-state index is 9.18. The second kappa shape index (κ2) is 4.99. The third kappa shape index (κ3) is 2.20. The van der Waals surface area contributed by atoms with E-state index in [1.807, 2.05) is 12.1 Å². The summed E-state index contributed by atoms with van der Waals surface area (Å²) in [6.45, 7) is 4.40. The van der Waals surface area contributed by atoms with E-state index >= 15 is 0 Å². The van der Waals surface area contributed by atoms with Gasteiger partial charge in [0.15, 0.2) is 0 Å². The van der Waals surface area contributed by atoms with E-state index in [0.29, 0.717) is 17.4 Å². The van der Waals surface area contributed by atoms with Gasteiger partial charge in [-0.1, -0.05) is 19.1 Å². The minimum absolute atomic E-state index is 0.517. The molecule has 3 heteroatoms. The monoisotopic (exact) mass is 251 g/mol. The maximum atomic E-state index is 9.18. The van der Waals surface area contributed by atoms with Gasteiger partial charge in [-0.2, -0.15) is 5.26 Å². The van der Waals surface area contributed by atoms with E-state index < -0.39 is 0 Å². The molecule has 1 saturated heterocycles. The van der Waals surface area contributed by atoms with Crippen molar-refractivity contribution in [3.63, 3.8) is 0 Å². The first kappa shape index (κ1) is 12.1. The fraction of sp³-hybridized carbons (Fsp3) is 0.375. The molecule has 1 N–H and O–H groups in total. The molecule has 0 saturated carbocycles. The Balaban J connectivity index is 2.12. The van der Waals surface area contributed by atoms with E-state index in [0.717, 1.165) is 24.0 Å². The molecule has 2 heterocycles. The van der Waals surface area contributed by atoms with Gasteiger partial charge in [-0.25, -0.2) is 0 Å². The Hall–Kier alpha value is -1.92. The van der Waals surface area contributed by atoms with Crippen LogP contribution in [0, 0.1) is 17.2 Å². The number of pyridine rings is 1. The van der Waals surface area contributed by atoms with Crippen LogP contribution < -0.4 is 5.32 Å². The Morgan fingerprint density at radius 3 is 3.00 bits per heavy atom. The van der Waals surface area contributed by atoms with Crippen LogP contribution in [0.1, 0.15) is 30.4 Å². The first-order chi connectivity index (χ1) is 9.29. The lowest BCUT2D eigenvalue weighted by molar-refractivity contribution is 0.365. The van der Waals surface area contributed by atoms with Gasteiger partial charge < -0.3 is 5.32 Å². The normalized spacial score (nSPS) is 23.2. The highest BCUT2D eigenvalue weighted by molar-refractivity contribution is 5.87. The molecule has 0 spiro atoms. The molecule has 2 aromatic rings. The topological polar surface area (TPSA) is 48.7 Å². The minimum atomic E-state index is 0.517. The summed E-state index contributed by atoms with van der Waals surface area (Å²) in [7, 11) is 0. The van der Waals surface area contributed by atoms with E-state index in [2.05, 4.69) is 35.4 Å². The maximum Gasteiger partial charge on any atom is 0.101 e. The fourth-order valence-electron chi connectivity index (χ4n) is 3.03. The summed E-state index contributed by atoms with van der Waals surface area (Å²) in [6.07, 6.45) is 2.96. The third-order valence-electron chi connectivity index (χ3n) is 3.93. The molecule has 19 heavy (non-hydrogen) atoms. The minimum Gasteiger partial charge on any atom is -0.316 e. The molecule has 96 valence electrons. The highest BCUT2D eigenvalue weighted by Gasteiger charge is 2.22. The van der Waals surface area contributed by atoms with E-state index in [-0.39, 0.29) is 0 Å². The molecular formula is C16H17N3. The van der Waals surface area contributed by atoms with Crippen molar-refractivity contribution in [2.24, 2.45) is 5.92 Å². The zero-order chi connectivity index (χ0) is 13.2. The number of nitrogens with one attached hydrogen (secondary N) is 1. The van der Waals surface area contributed by atoms with E-state index in [1.165, 1.54) is 12.0 Å². The first-order valence-electron chi connectivity index (χ1n) is 6.78. The van der Waals surface area contributed by atoms with Gasteiger partial charge in [0.2, 0.25) is 0 Å². The number of rotatable bonds is 1. The molecule has 1 aliphatic rings. The molecule has 1 aliphatic heterocycles. The van der Waals surface area contributed by atoms with Crippen LogP contribution in [0.2, 0.25) is 0 Å². The number of piperidine rings is 1. The van der Waals surface area contributed by atoms with Crippen molar-refractivity contribution < 1.29 is 0 Å². The van der Waals surface area contributed by atoms with Crippen LogP contribution >= 0.6 is 0 Å². The molecule has 1 fully saturated rings. The number of benzene rings is 1. The number of fused-ring (bicyclic) bond motifs is 1. The molecule has 2 atom stereocenters. The molecule has 0 radical (unpaired) electrons. The van der Waals surface area contributed by atoms with Gasteiger partial charge in [0.25, 0.3) is 0 Å². The van der Waals surface area contributed by atoms with Crippen LogP contribution in [-0.4, -0.2) is 18.1 Å². The van der Waals surface area contributed by atoms with E-state index in [1.54, 1.807) is 6.20 Å². The van der Waals surface area contributed by atoms with Crippen molar-refractivity contribution in [3.05, 3.63) is 41.6 Å². The SMILES string of the molecule is CC1CNCC(c2ccc(C#N)c3ncccc23)C1. The van der Waals surface area contributed by atoms with Gasteiger partial charge in [-0.15, -0.1) is 0 Å². The predicted molar refractivity (Wildman–Crippen MR) is 75.8 cm³/mol. The van der Waals surface area contributed by atoms with Gasteiger partial charge in [-0.3, -0.25) is 4.98 Å². The predicted octanol–water partition coefficient (Wildman–Crippen LogP) is 2.82. The Bertz CT molecular complexity index is 642.